The molecule has 31 heavy (non-hydrogen) atoms. The summed E-state index contributed by atoms with van der Waals surface area (Å²) in [6.45, 7) is 5.75. The lowest BCUT2D eigenvalue weighted by atomic mass is 9.78. The van der Waals surface area contributed by atoms with Gasteiger partial charge < -0.3 is 10.2 Å². The number of rotatable bonds is 5. The second kappa shape index (κ2) is 8.97. The molecule has 1 N–H and O–H groups in total. The zero-order chi connectivity index (χ0) is 21.2. The van der Waals surface area contributed by atoms with Gasteiger partial charge in [0.2, 0.25) is 5.95 Å². The lowest BCUT2D eigenvalue weighted by molar-refractivity contribution is 0.219. The molecule has 3 aromatic rings. The lowest BCUT2D eigenvalue weighted by Crippen LogP contribution is -2.39. The van der Waals surface area contributed by atoms with Crippen LogP contribution in [0.25, 0.3) is 11.3 Å². The molecule has 1 atom stereocenters. The molecule has 5 rings (SSSR count). The number of hydrogen-bond acceptors (Lipinski definition) is 4. The molecule has 1 saturated heterocycles. The minimum Gasteiger partial charge on any atom is -0.351 e. The molecule has 160 valence electrons. The number of benzene rings is 2. The van der Waals surface area contributed by atoms with E-state index in [0.717, 1.165) is 49.0 Å². The maximum absolute atomic E-state index is 6.57. The van der Waals surface area contributed by atoms with E-state index in [2.05, 4.69) is 53.5 Å². The van der Waals surface area contributed by atoms with Crippen LogP contribution < -0.4 is 5.32 Å². The smallest absolute Gasteiger partial charge is 0.223 e. The first-order chi connectivity index (χ1) is 15.2. The summed E-state index contributed by atoms with van der Waals surface area (Å²) in [5, 5.41) is 4.43. The van der Waals surface area contributed by atoms with E-state index in [1.165, 1.54) is 35.2 Å². The van der Waals surface area contributed by atoms with Crippen LogP contribution in [-0.4, -0.2) is 40.5 Å². The van der Waals surface area contributed by atoms with Gasteiger partial charge in [0.15, 0.2) is 0 Å². The highest BCUT2D eigenvalue weighted by atomic mass is 35.5. The van der Waals surface area contributed by atoms with Crippen molar-refractivity contribution in [2.75, 3.05) is 25.0 Å². The monoisotopic (exact) mass is 432 g/mol. The lowest BCUT2D eigenvalue weighted by Gasteiger charge is -2.32. The van der Waals surface area contributed by atoms with Crippen LogP contribution in [0, 0.1) is 0 Å². The molecule has 0 bridgehead atoms. The van der Waals surface area contributed by atoms with Crippen molar-refractivity contribution in [2.24, 2.45) is 0 Å². The van der Waals surface area contributed by atoms with E-state index < -0.39 is 0 Å². The second-order valence-electron chi connectivity index (χ2n) is 8.69. The minimum absolute atomic E-state index is 0.225. The van der Waals surface area contributed by atoms with Gasteiger partial charge >= 0.3 is 0 Å². The van der Waals surface area contributed by atoms with Crippen molar-refractivity contribution in [3.8, 4) is 11.3 Å². The Labute approximate surface area is 189 Å². The largest absolute Gasteiger partial charge is 0.351 e. The van der Waals surface area contributed by atoms with E-state index >= 15 is 0 Å². The maximum Gasteiger partial charge on any atom is 0.223 e. The Bertz CT molecular complexity index is 1060. The van der Waals surface area contributed by atoms with Gasteiger partial charge in [-0.15, -0.1) is 0 Å². The molecule has 1 aliphatic carbocycles. The molecule has 4 nitrogen and oxygen atoms in total. The van der Waals surface area contributed by atoms with E-state index in [1.54, 1.807) is 0 Å². The summed E-state index contributed by atoms with van der Waals surface area (Å²) in [7, 11) is 0. The van der Waals surface area contributed by atoms with Gasteiger partial charge in [-0.05, 0) is 55.0 Å². The van der Waals surface area contributed by atoms with Crippen LogP contribution in [0.15, 0.2) is 54.7 Å². The fourth-order valence-electron chi connectivity index (χ4n) is 5.04. The zero-order valence-electron chi connectivity index (χ0n) is 18.0. The van der Waals surface area contributed by atoms with Gasteiger partial charge in [0.05, 0.1) is 5.69 Å². The van der Waals surface area contributed by atoms with Crippen LogP contribution in [0.2, 0.25) is 5.02 Å². The highest BCUT2D eigenvalue weighted by molar-refractivity contribution is 6.31. The average molecular weight is 433 g/mol. The van der Waals surface area contributed by atoms with Crippen LogP contribution in [0.5, 0.6) is 0 Å². The SMILES string of the molecule is CCCN1CCC(Nc2ncc3c(n2)-c2ccccc2C(c2ccccc2Cl)C3)CC1. The van der Waals surface area contributed by atoms with Gasteiger partial charge in [0.1, 0.15) is 0 Å². The van der Waals surface area contributed by atoms with Gasteiger partial charge in [0, 0.05) is 41.8 Å². The first-order valence-corrected chi connectivity index (χ1v) is 11.8. The van der Waals surface area contributed by atoms with Crippen molar-refractivity contribution in [1.82, 2.24) is 14.9 Å². The van der Waals surface area contributed by atoms with Crippen molar-refractivity contribution in [3.63, 3.8) is 0 Å². The zero-order valence-corrected chi connectivity index (χ0v) is 18.8. The van der Waals surface area contributed by atoms with Gasteiger partial charge in [-0.1, -0.05) is 61.0 Å². The minimum atomic E-state index is 0.225. The predicted octanol–water partition coefficient (Wildman–Crippen LogP) is 5.77. The fourth-order valence-corrected chi connectivity index (χ4v) is 5.31. The van der Waals surface area contributed by atoms with Crippen molar-refractivity contribution < 1.29 is 0 Å². The van der Waals surface area contributed by atoms with Crippen molar-refractivity contribution >= 4 is 17.5 Å². The number of nitrogens with one attached hydrogen (secondary N) is 1. The third-order valence-electron chi connectivity index (χ3n) is 6.62. The Morgan fingerprint density at radius 3 is 2.55 bits per heavy atom. The van der Waals surface area contributed by atoms with Gasteiger partial charge in [-0.2, -0.15) is 0 Å². The molecule has 2 aliphatic rings. The Morgan fingerprint density at radius 2 is 1.77 bits per heavy atom. The topological polar surface area (TPSA) is 41.0 Å². The van der Waals surface area contributed by atoms with Crippen LogP contribution in [0.1, 0.15) is 48.8 Å². The Morgan fingerprint density at radius 1 is 1.03 bits per heavy atom. The maximum atomic E-state index is 6.57. The molecular formula is C26H29ClN4. The Hall–Kier alpha value is -2.43. The normalized spacial score (nSPS) is 19.0. The standard InChI is InChI=1S/C26H29ClN4/c1-2-13-31-14-11-19(12-15-31)29-26-28-17-18-16-23(21-8-5-6-10-24(21)27)20-7-3-4-9-22(20)25(18)30-26/h3-10,17,19,23H,2,11-16H2,1H3,(H,28,29,30). The predicted molar refractivity (Wildman–Crippen MR) is 128 cm³/mol. The molecular weight excluding hydrogens is 404 g/mol. The highest BCUT2D eigenvalue weighted by Gasteiger charge is 2.29. The van der Waals surface area contributed by atoms with Gasteiger partial charge in [-0.3, -0.25) is 0 Å². The van der Waals surface area contributed by atoms with E-state index in [0.29, 0.717) is 6.04 Å². The molecule has 1 fully saturated rings. The van der Waals surface area contributed by atoms with Crippen molar-refractivity contribution in [1.29, 1.82) is 0 Å². The van der Waals surface area contributed by atoms with E-state index in [-0.39, 0.29) is 5.92 Å². The second-order valence-corrected chi connectivity index (χ2v) is 9.10. The number of likely N-dealkylation sites (tertiary alicyclic amines) is 1. The average Bonchev–Trinajstić information content (AvgIpc) is 2.81. The van der Waals surface area contributed by atoms with Crippen LogP contribution in [0.3, 0.4) is 0 Å². The molecule has 1 aliphatic heterocycles. The first kappa shape index (κ1) is 20.5. The number of anilines is 1. The molecule has 0 saturated carbocycles. The molecule has 2 aromatic carbocycles. The Kier molecular flexibility index (Phi) is 5.93. The number of nitrogens with zero attached hydrogens (tertiary/aromatic N) is 3. The quantitative estimate of drug-likeness (QED) is 0.555. The molecule has 1 unspecified atom stereocenters. The molecule has 2 heterocycles. The third kappa shape index (κ3) is 4.19. The summed E-state index contributed by atoms with van der Waals surface area (Å²) < 4.78 is 0. The van der Waals surface area contributed by atoms with Crippen molar-refractivity contribution in [2.45, 2.75) is 44.6 Å². The van der Waals surface area contributed by atoms with Crippen LogP contribution >= 0.6 is 11.6 Å². The highest BCUT2D eigenvalue weighted by Crippen LogP contribution is 2.43. The fraction of sp³-hybridized carbons (Fsp3) is 0.385. The molecule has 0 radical (unpaired) electrons. The van der Waals surface area contributed by atoms with Crippen molar-refractivity contribution in [3.05, 3.63) is 76.4 Å². The number of piperidine rings is 1. The summed E-state index contributed by atoms with van der Waals surface area (Å²) in [5.74, 6) is 0.974. The number of aromatic nitrogens is 2. The summed E-state index contributed by atoms with van der Waals surface area (Å²) in [5.41, 5.74) is 5.90. The first-order valence-electron chi connectivity index (χ1n) is 11.4. The number of halogens is 1. The van der Waals surface area contributed by atoms with Crippen LogP contribution in [0.4, 0.5) is 5.95 Å². The van der Waals surface area contributed by atoms with Gasteiger partial charge in [-0.25, -0.2) is 9.97 Å². The van der Waals surface area contributed by atoms with Gasteiger partial charge in [0.25, 0.3) is 0 Å². The van der Waals surface area contributed by atoms with Crippen LogP contribution in [-0.2, 0) is 6.42 Å². The summed E-state index contributed by atoms with van der Waals surface area (Å²) in [6, 6.07) is 17.2. The summed E-state index contributed by atoms with van der Waals surface area (Å²) in [6.07, 6.45) is 6.39. The molecule has 5 heteroatoms. The van der Waals surface area contributed by atoms with E-state index in [9.17, 15) is 0 Å². The van der Waals surface area contributed by atoms with E-state index in [1.807, 2.05) is 18.3 Å². The molecule has 0 amide bonds. The van der Waals surface area contributed by atoms with E-state index in [4.69, 9.17) is 21.6 Å². The molecule has 0 spiro atoms. The number of fused-ring (bicyclic) bond motifs is 3. The Balaban J connectivity index is 1.41. The molecule has 1 aromatic heterocycles. The number of hydrogen-bond donors (Lipinski definition) is 1. The summed E-state index contributed by atoms with van der Waals surface area (Å²) in [4.78, 5) is 12.2. The third-order valence-corrected chi connectivity index (χ3v) is 6.97. The summed E-state index contributed by atoms with van der Waals surface area (Å²) >= 11 is 6.57.